The number of rotatable bonds is 3. The van der Waals surface area contributed by atoms with Gasteiger partial charge < -0.3 is 10.3 Å². The normalized spacial score (nSPS) is 21.8. The Morgan fingerprint density at radius 2 is 2.00 bits per heavy atom. The van der Waals surface area contributed by atoms with Crippen LogP contribution in [0.5, 0.6) is 0 Å². The molecule has 0 radical (unpaired) electrons. The molecule has 0 spiro atoms. The van der Waals surface area contributed by atoms with Crippen LogP contribution >= 0.6 is 0 Å². The van der Waals surface area contributed by atoms with Crippen molar-refractivity contribution in [2.24, 2.45) is 5.73 Å². The zero-order chi connectivity index (χ0) is 13.5. The number of aromatic nitrogens is 3. The summed E-state index contributed by atoms with van der Waals surface area (Å²) in [6.07, 6.45) is 6.08. The molecule has 2 N–H and O–H groups in total. The lowest BCUT2D eigenvalue weighted by Crippen LogP contribution is -2.17. The molecule has 0 saturated heterocycles. The minimum atomic E-state index is 0.397. The lowest BCUT2D eigenvalue weighted by molar-refractivity contribution is 0.546. The van der Waals surface area contributed by atoms with Crippen molar-refractivity contribution >= 4 is 0 Å². The van der Waals surface area contributed by atoms with Crippen molar-refractivity contribution in [3.8, 4) is 0 Å². The average Bonchev–Trinajstić information content (AvgIpc) is 3.25. The predicted octanol–water partition coefficient (Wildman–Crippen LogP) is 2.54. The zero-order valence-corrected chi connectivity index (χ0v) is 11.6. The van der Waals surface area contributed by atoms with Gasteiger partial charge in [-0.3, -0.25) is 0 Å². The third-order valence-corrected chi connectivity index (χ3v) is 4.57. The first-order valence-electron chi connectivity index (χ1n) is 7.60. The summed E-state index contributed by atoms with van der Waals surface area (Å²) in [4.78, 5) is 0. The van der Waals surface area contributed by atoms with Crippen LogP contribution < -0.4 is 5.73 Å². The van der Waals surface area contributed by atoms with Crippen molar-refractivity contribution in [1.82, 2.24) is 14.8 Å². The summed E-state index contributed by atoms with van der Waals surface area (Å²) < 4.78 is 2.33. The standard InChI is InChI=1S/C16H20N4/c17-10-15-18-19-16(20(15)12-8-9-12)14-7-3-5-11-4-1-2-6-13(11)14/h1-2,4,6,12,14H,3,5,7-10,17H2. The number of hydrogen-bond donors (Lipinski definition) is 1. The van der Waals surface area contributed by atoms with Crippen molar-refractivity contribution < 1.29 is 0 Å². The van der Waals surface area contributed by atoms with Crippen molar-refractivity contribution in [2.75, 3.05) is 0 Å². The van der Waals surface area contributed by atoms with Crippen LogP contribution in [0.15, 0.2) is 24.3 Å². The summed E-state index contributed by atoms with van der Waals surface area (Å²) in [5, 5.41) is 8.84. The lowest BCUT2D eigenvalue weighted by Gasteiger charge is -2.25. The van der Waals surface area contributed by atoms with E-state index in [0.29, 0.717) is 18.5 Å². The number of aryl methyl sites for hydroxylation is 1. The molecule has 104 valence electrons. The van der Waals surface area contributed by atoms with Crippen LogP contribution in [0.4, 0.5) is 0 Å². The van der Waals surface area contributed by atoms with E-state index in [1.54, 1.807) is 0 Å². The Hall–Kier alpha value is -1.68. The first-order chi connectivity index (χ1) is 9.88. The Labute approximate surface area is 119 Å². The number of fused-ring (bicyclic) bond motifs is 1. The fraction of sp³-hybridized carbons (Fsp3) is 0.500. The number of nitrogens with two attached hydrogens (primary N) is 1. The highest BCUT2D eigenvalue weighted by Gasteiger charge is 2.33. The topological polar surface area (TPSA) is 56.7 Å². The second-order valence-corrected chi connectivity index (χ2v) is 5.92. The Morgan fingerprint density at radius 3 is 2.80 bits per heavy atom. The fourth-order valence-corrected chi connectivity index (χ4v) is 3.47. The molecule has 1 aromatic heterocycles. The van der Waals surface area contributed by atoms with Crippen molar-refractivity contribution in [3.63, 3.8) is 0 Å². The molecule has 0 amide bonds. The van der Waals surface area contributed by atoms with E-state index in [2.05, 4.69) is 39.0 Å². The van der Waals surface area contributed by atoms with Gasteiger partial charge in [0.1, 0.15) is 11.6 Å². The second-order valence-electron chi connectivity index (χ2n) is 5.92. The largest absolute Gasteiger partial charge is 0.324 e. The van der Waals surface area contributed by atoms with Crippen LogP contribution in [-0.2, 0) is 13.0 Å². The van der Waals surface area contributed by atoms with Crippen LogP contribution in [0.3, 0.4) is 0 Å². The minimum absolute atomic E-state index is 0.397. The smallest absolute Gasteiger partial charge is 0.147 e. The third-order valence-electron chi connectivity index (χ3n) is 4.57. The van der Waals surface area contributed by atoms with E-state index in [1.807, 2.05) is 0 Å². The van der Waals surface area contributed by atoms with Gasteiger partial charge in [-0.1, -0.05) is 24.3 Å². The summed E-state index contributed by atoms with van der Waals surface area (Å²) >= 11 is 0. The molecule has 4 rings (SSSR count). The number of nitrogens with zero attached hydrogens (tertiary/aromatic N) is 3. The lowest BCUT2D eigenvalue weighted by atomic mass is 9.82. The van der Waals surface area contributed by atoms with Crippen molar-refractivity contribution in [1.29, 1.82) is 0 Å². The van der Waals surface area contributed by atoms with Gasteiger partial charge in [0.2, 0.25) is 0 Å². The number of benzene rings is 1. The molecule has 4 nitrogen and oxygen atoms in total. The van der Waals surface area contributed by atoms with Crippen LogP contribution in [0.25, 0.3) is 0 Å². The fourth-order valence-electron chi connectivity index (χ4n) is 3.47. The second kappa shape index (κ2) is 4.70. The average molecular weight is 268 g/mol. The highest BCUT2D eigenvalue weighted by atomic mass is 15.3. The molecule has 1 atom stereocenters. The van der Waals surface area contributed by atoms with Crippen LogP contribution in [0.2, 0.25) is 0 Å². The molecular weight excluding hydrogens is 248 g/mol. The molecule has 2 aliphatic carbocycles. The van der Waals surface area contributed by atoms with Crippen LogP contribution in [-0.4, -0.2) is 14.8 Å². The van der Waals surface area contributed by atoms with E-state index in [9.17, 15) is 0 Å². The molecule has 2 aromatic rings. The molecule has 0 bridgehead atoms. The highest BCUT2D eigenvalue weighted by Crippen LogP contribution is 2.42. The summed E-state index contributed by atoms with van der Waals surface area (Å²) in [7, 11) is 0. The first kappa shape index (κ1) is 12.1. The highest BCUT2D eigenvalue weighted by molar-refractivity contribution is 5.36. The maximum Gasteiger partial charge on any atom is 0.147 e. The molecule has 1 fully saturated rings. The Kier molecular flexibility index (Phi) is 2.84. The minimum Gasteiger partial charge on any atom is -0.324 e. The maximum absolute atomic E-state index is 5.83. The monoisotopic (exact) mass is 268 g/mol. The van der Waals surface area contributed by atoms with E-state index in [-0.39, 0.29) is 0 Å². The van der Waals surface area contributed by atoms with Crippen molar-refractivity contribution in [3.05, 3.63) is 47.0 Å². The van der Waals surface area contributed by atoms with Gasteiger partial charge in [-0.2, -0.15) is 0 Å². The quantitative estimate of drug-likeness (QED) is 0.930. The molecule has 2 aliphatic rings. The van der Waals surface area contributed by atoms with E-state index < -0.39 is 0 Å². The Balaban J connectivity index is 1.81. The molecule has 1 saturated carbocycles. The van der Waals surface area contributed by atoms with E-state index >= 15 is 0 Å². The molecule has 4 heteroatoms. The van der Waals surface area contributed by atoms with Gasteiger partial charge in [-0.15, -0.1) is 10.2 Å². The zero-order valence-electron chi connectivity index (χ0n) is 11.6. The number of hydrogen-bond acceptors (Lipinski definition) is 3. The van der Waals surface area contributed by atoms with Gasteiger partial charge in [0, 0.05) is 12.0 Å². The predicted molar refractivity (Wildman–Crippen MR) is 77.4 cm³/mol. The summed E-state index contributed by atoms with van der Waals surface area (Å²) in [5.74, 6) is 2.49. The van der Waals surface area contributed by atoms with Gasteiger partial charge in [-0.05, 0) is 43.2 Å². The molecule has 1 aromatic carbocycles. The van der Waals surface area contributed by atoms with Crippen molar-refractivity contribution in [2.45, 2.75) is 50.6 Å². The van der Waals surface area contributed by atoms with Gasteiger partial charge in [0.15, 0.2) is 0 Å². The molecular formula is C16H20N4. The van der Waals surface area contributed by atoms with E-state index in [0.717, 1.165) is 11.6 Å². The summed E-state index contributed by atoms with van der Waals surface area (Å²) in [6, 6.07) is 9.38. The Bertz CT molecular complexity index is 627. The summed E-state index contributed by atoms with van der Waals surface area (Å²) in [6.45, 7) is 0.484. The van der Waals surface area contributed by atoms with Gasteiger partial charge >= 0.3 is 0 Å². The molecule has 1 unspecified atom stereocenters. The SMILES string of the molecule is NCc1nnc(C2CCCc3ccccc32)n1C1CC1. The molecule has 0 aliphatic heterocycles. The first-order valence-corrected chi connectivity index (χ1v) is 7.60. The van der Waals surface area contributed by atoms with Crippen LogP contribution in [0, 0.1) is 0 Å². The Morgan fingerprint density at radius 1 is 1.15 bits per heavy atom. The molecule has 1 heterocycles. The van der Waals surface area contributed by atoms with Gasteiger partial charge in [0.05, 0.1) is 6.54 Å². The van der Waals surface area contributed by atoms with Crippen LogP contribution in [0.1, 0.15) is 60.4 Å². The van der Waals surface area contributed by atoms with Gasteiger partial charge in [-0.25, -0.2) is 0 Å². The maximum atomic E-state index is 5.83. The summed E-state index contributed by atoms with van der Waals surface area (Å²) in [5.41, 5.74) is 8.75. The van der Waals surface area contributed by atoms with Gasteiger partial charge in [0.25, 0.3) is 0 Å². The third kappa shape index (κ3) is 1.86. The molecule has 20 heavy (non-hydrogen) atoms. The van der Waals surface area contributed by atoms with E-state index in [4.69, 9.17) is 5.73 Å². The van der Waals surface area contributed by atoms with E-state index in [1.165, 1.54) is 43.2 Å².